The second-order valence-corrected chi connectivity index (χ2v) is 5.84. The third-order valence-electron chi connectivity index (χ3n) is 4.19. The van der Waals surface area contributed by atoms with Crippen molar-refractivity contribution in [1.29, 1.82) is 0 Å². The number of methoxy groups -OCH3 is 1. The summed E-state index contributed by atoms with van der Waals surface area (Å²) in [5, 5.41) is 0.842. The van der Waals surface area contributed by atoms with E-state index in [9.17, 15) is 4.79 Å². The van der Waals surface area contributed by atoms with E-state index < -0.39 is 0 Å². The highest BCUT2D eigenvalue weighted by Gasteiger charge is 2.30. The van der Waals surface area contributed by atoms with Crippen LogP contribution in [0.15, 0.2) is 47.3 Å². The quantitative estimate of drug-likeness (QED) is 0.727. The molecule has 2 aromatic heterocycles. The van der Waals surface area contributed by atoms with Crippen LogP contribution in [-0.4, -0.2) is 47.1 Å². The summed E-state index contributed by atoms with van der Waals surface area (Å²) in [6.07, 6.45) is 5.39. The van der Waals surface area contributed by atoms with E-state index >= 15 is 0 Å². The summed E-state index contributed by atoms with van der Waals surface area (Å²) in [6.45, 7) is 1.11. The molecule has 0 N–H and O–H groups in total. The normalized spacial score (nSPS) is 17.0. The lowest BCUT2D eigenvalue weighted by atomic mass is 10.2. The molecule has 0 saturated carbocycles. The van der Waals surface area contributed by atoms with Gasteiger partial charge in [-0.15, -0.1) is 0 Å². The zero-order chi connectivity index (χ0) is 17.2. The zero-order valence-corrected chi connectivity index (χ0v) is 13.7. The average Bonchev–Trinajstić information content (AvgIpc) is 3.28. The first-order chi connectivity index (χ1) is 12.2. The van der Waals surface area contributed by atoms with Crippen molar-refractivity contribution < 1.29 is 18.7 Å². The highest BCUT2D eigenvalue weighted by Crippen LogP contribution is 2.26. The van der Waals surface area contributed by atoms with Crippen LogP contribution >= 0.6 is 0 Å². The standard InChI is InChI=1S/C18H17N3O4/c1-23-13-2-3-15-12(8-13)9-16(25-15)18(22)21-7-4-14(11-21)24-17-10-19-5-6-20-17/h2-3,5-6,8-10,14H,4,7,11H2,1H3. The molecule has 4 rings (SSSR count). The zero-order valence-electron chi connectivity index (χ0n) is 13.7. The maximum absolute atomic E-state index is 12.7. The first-order valence-electron chi connectivity index (χ1n) is 8.02. The number of rotatable bonds is 4. The summed E-state index contributed by atoms with van der Waals surface area (Å²) < 4.78 is 16.6. The van der Waals surface area contributed by atoms with Gasteiger partial charge in [0.05, 0.1) is 19.9 Å². The summed E-state index contributed by atoms with van der Waals surface area (Å²) in [7, 11) is 1.61. The topological polar surface area (TPSA) is 77.7 Å². The smallest absolute Gasteiger partial charge is 0.289 e. The van der Waals surface area contributed by atoms with E-state index in [0.717, 1.165) is 17.6 Å². The first kappa shape index (κ1) is 15.4. The van der Waals surface area contributed by atoms with E-state index in [1.54, 1.807) is 48.8 Å². The first-order valence-corrected chi connectivity index (χ1v) is 8.02. The SMILES string of the molecule is COc1ccc2oc(C(=O)N3CCC(Oc4cnccn4)C3)cc2c1. The molecule has 1 atom stereocenters. The number of hydrogen-bond acceptors (Lipinski definition) is 6. The number of fused-ring (bicyclic) bond motifs is 1. The van der Waals surface area contributed by atoms with Crippen molar-refractivity contribution in [3.8, 4) is 11.6 Å². The minimum Gasteiger partial charge on any atom is -0.497 e. The second kappa shape index (κ2) is 6.43. The molecule has 0 spiro atoms. The molecule has 25 heavy (non-hydrogen) atoms. The van der Waals surface area contributed by atoms with Crippen molar-refractivity contribution in [1.82, 2.24) is 14.9 Å². The fourth-order valence-electron chi connectivity index (χ4n) is 2.94. The molecule has 3 heterocycles. The lowest BCUT2D eigenvalue weighted by molar-refractivity contribution is 0.0742. The molecule has 0 radical (unpaired) electrons. The molecule has 1 amide bonds. The molecule has 0 bridgehead atoms. The Hall–Kier alpha value is -3.09. The van der Waals surface area contributed by atoms with Crippen LogP contribution in [0.4, 0.5) is 0 Å². The van der Waals surface area contributed by atoms with Crippen LogP contribution in [0, 0.1) is 0 Å². The van der Waals surface area contributed by atoms with Crippen LogP contribution in [0.1, 0.15) is 17.0 Å². The van der Waals surface area contributed by atoms with Crippen LogP contribution in [0.25, 0.3) is 11.0 Å². The number of aromatic nitrogens is 2. The van der Waals surface area contributed by atoms with E-state index in [1.807, 2.05) is 6.07 Å². The van der Waals surface area contributed by atoms with Gasteiger partial charge in [0.2, 0.25) is 5.88 Å². The Morgan fingerprint density at radius 2 is 2.24 bits per heavy atom. The van der Waals surface area contributed by atoms with Crippen LogP contribution in [0.2, 0.25) is 0 Å². The molecular weight excluding hydrogens is 322 g/mol. The fraction of sp³-hybridized carbons (Fsp3) is 0.278. The summed E-state index contributed by atoms with van der Waals surface area (Å²) in [4.78, 5) is 22.5. The minimum absolute atomic E-state index is 0.0925. The van der Waals surface area contributed by atoms with Gasteiger partial charge in [0.1, 0.15) is 17.4 Å². The number of furan rings is 1. The number of nitrogens with zero attached hydrogens (tertiary/aromatic N) is 3. The monoisotopic (exact) mass is 339 g/mol. The fourth-order valence-corrected chi connectivity index (χ4v) is 2.94. The lowest BCUT2D eigenvalue weighted by Gasteiger charge is -2.15. The molecule has 1 saturated heterocycles. The van der Waals surface area contributed by atoms with E-state index in [0.29, 0.717) is 30.3 Å². The molecule has 128 valence electrons. The van der Waals surface area contributed by atoms with Gasteiger partial charge in [-0.25, -0.2) is 4.98 Å². The predicted molar refractivity (Wildman–Crippen MR) is 89.7 cm³/mol. The Morgan fingerprint density at radius 1 is 1.32 bits per heavy atom. The number of carbonyl (C=O) groups excluding carboxylic acids is 1. The molecule has 1 unspecified atom stereocenters. The van der Waals surface area contributed by atoms with Crippen molar-refractivity contribution in [3.05, 3.63) is 48.6 Å². The van der Waals surface area contributed by atoms with Gasteiger partial charge in [-0.2, -0.15) is 0 Å². The number of ether oxygens (including phenoxy) is 2. The van der Waals surface area contributed by atoms with Crippen LogP contribution in [-0.2, 0) is 0 Å². The van der Waals surface area contributed by atoms with E-state index in [1.165, 1.54) is 0 Å². The Morgan fingerprint density at radius 3 is 3.04 bits per heavy atom. The Labute approximate surface area is 144 Å². The molecule has 1 aliphatic heterocycles. The third-order valence-corrected chi connectivity index (χ3v) is 4.19. The molecule has 7 nitrogen and oxygen atoms in total. The van der Waals surface area contributed by atoms with Crippen molar-refractivity contribution >= 4 is 16.9 Å². The molecule has 3 aromatic rings. The predicted octanol–water partition coefficient (Wildman–Crippen LogP) is 2.52. The summed E-state index contributed by atoms with van der Waals surface area (Å²) in [6, 6.07) is 7.20. The summed E-state index contributed by atoms with van der Waals surface area (Å²) in [5.74, 6) is 1.38. The van der Waals surface area contributed by atoms with Gasteiger partial charge in [0.15, 0.2) is 5.76 Å². The molecule has 1 aromatic carbocycles. The van der Waals surface area contributed by atoms with Crippen molar-refractivity contribution in [2.24, 2.45) is 0 Å². The Kier molecular flexibility index (Phi) is 3.97. The van der Waals surface area contributed by atoms with Gasteiger partial charge < -0.3 is 18.8 Å². The van der Waals surface area contributed by atoms with Gasteiger partial charge >= 0.3 is 0 Å². The van der Waals surface area contributed by atoms with Crippen molar-refractivity contribution in [2.75, 3.05) is 20.2 Å². The van der Waals surface area contributed by atoms with Gasteiger partial charge in [-0.3, -0.25) is 9.78 Å². The highest BCUT2D eigenvalue weighted by molar-refractivity contribution is 5.96. The maximum Gasteiger partial charge on any atom is 0.289 e. The van der Waals surface area contributed by atoms with E-state index in [2.05, 4.69) is 9.97 Å². The Bertz CT molecular complexity index is 894. The highest BCUT2D eigenvalue weighted by atomic mass is 16.5. The second-order valence-electron chi connectivity index (χ2n) is 5.84. The van der Waals surface area contributed by atoms with Gasteiger partial charge in [0, 0.05) is 30.7 Å². The average molecular weight is 339 g/mol. The van der Waals surface area contributed by atoms with Crippen LogP contribution in [0.5, 0.6) is 11.6 Å². The number of amides is 1. The summed E-state index contributed by atoms with van der Waals surface area (Å²) >= 11 is 0. The minimum atomic E-state index is -0.139. The Balaban J connectivity index is 1.46. The van der Waals surface area contributed by atoms with Gasteiger partial charge in [-0.05, 0) is 24.3 Å². The van der Waals surface area contributed by atoms with Gasteiger partial charge in [-0.1, -0.05) is 0 Å². The largest absolute Gasteiger partial charge is 0.497 e. The molecule has 1 aliphatic rings. The number of likely N-dealkylation sites (tertiary alicyclic amines) is 1. The number of hydrogen-bond donors (Lipinski definition) is 0. The van der Waals surface area contributed by atoms with Crippen molar-refractivity contribution in [3.63, 3.8) is 0 Å². The number of benzene rings is 1. The third kappa shape index (κ3) is 3.13. The van der Waals surface area contributed by atoms with Crippen LogP contribution < -0.4 is 9.47 Å². The molecule has 0 aliphatic carbocycles. The molecular formula is C18H17N3O4. The summed E-state index contributed by atoms with van der Waals surface area (Å²) in [5.41, 5.74) is 0.663. The molecule has 1 fully saturated rings. The van der Waals surface area contributed by atoms with E-state index in [4.69, 9.17) is 13.9 Å². The van der Waals surface area contributed by atoms with Crippen molar-refractivity contribution in [2.45, 2.75) is 12.5 Å². The van der Waals surface area contributed by atoms with E-state index in [-0.39, 0.29) is 12.0 Å². The molecule has 7 heteroatoms. The lowest BCUT2D eigenvalue weighted by Crippen LogP contribution is -2.30. The maximum atomic E-state index is 12.7. The van der Waals surface area contributed by atoms with Gasteiger partial charge in [0.25, 0.3) is 5.91 Å². The number of carbonyl (C=O) groups is 1. The van der Waals surface area contributed by atoms with Crippen LogP contribution in [0.3, 0.4) is 0 Å².